The second kappa shape index (κ2) is 8.80. The Balaban J connectivity index is 1.47. The second-order valence-electron chi connectivity index (χ2n) is 7.12. The van der Waals surface area contributed by atoms with Crippen LogP contribution in [0.3, 0.4) is 0 Å². The van der Waals surface area contributed by atoms with Gasteiger partial charge in [-0.15, -0.1) is 11.3 Å². The number of hydrogen-bond donors (Lipinski definition) is 1. The largest absolute Gasteiger partial charge is 0.493 e. The number of carbonyl (C=O) groups excluding carboxylic acids is 1. The zero-order valence-corrected chi connectivity index (χ0v) is 17.5. The lowest BCUT2D eigenvalue weighted by Crippen LogP contribution is -2.39. The number of nitrogens with one attached hydrogen (secondary N) is 1. The van der Waals surface area contributed by atoms with Crippen LogP contribution in [-0.4, -0.2) is 43.1 Å². The van der Waals surface area contributed by atoms with Crippen molar-refractivity contribution < 1.29 is 14.3 Å². The molecule has 2 aromatic carbocycles. The number of carbonyl (C=O) groups is 1. The summed E-state index contributed by atoms with van der Waals surface area (Å²) in [6.07, 6.45) is 3.29. The molecule has 1 aliphatic rings. The summed E-state index contributed by atoms with van der Waals surface area (Å²) in [6.45, 7) is 1.24. The maximum atomic E-state index is 12.7. The van der Waals surface area contributed by atoms with E-state index in [2.05, 4.69) is 16.3 Å². The van der Waals surface area contributed by atoms with Gasteiger partial charge in [0, 0.05) is 11.8 Å². The summed E-state index contributed by atoms with van der Waals surface area (Å²) in [5.41, 5.74) is 1.73. The third-order valence-corrected chi connectivity index (χ3v) is 6.36. The van der Waals surface area contributed by atoms with E-state index in [1.165, 1.54) is 4.70 Å². The van der Waals surface area contributed by atoms with Crippen molar-refractivity contribution >= 4 is 33.1 Å². The zero-order chi connectivity index (χ0) is 20.2. The molecule has 0 saturated carbocycles. The normalized spacial score (nSPS) is 17.2. The second-order valence-corrected chi connectivity index (χ2v) is 8.18. The highest BCUT2D eigenvalue weighted by Gasteiger charge is 2.28. The molecule has 1 amide bonds. The van der Waals surface area contributed by atoms with Crippen molar-refractivity contribution in [3.63, 3.8) is 0 Å². The Morgan fingerprint density at radius 3 is 2.79 bits per heavy atom. The monoisotopic (exact) mass is 411 g/mol. The minimum absolute atomic E-state index is 0.0368. The van der Waals surface area contributed by atoms with Crippen molar-refractivity contribution in [2.24, 2.45) is 0 Å². The maximum absolute atomic E-state index is 12.7. The van der Waals surface area contributed by atoms with Gasteiger partial charge in [0.15, 0.2) is 11.5 Å². The Hall–Kier alpha value is -2.64. The number of para-hydroxylation sites is 1. The molecule has 0 radical (unpaired) electrons. The van der Waals surface area contributed by atoms with Crippen LogP contribution in [0.15, 0.2) is 42.5 Å². The van der Waals surface area contributed by atoms with Gasteiger partial charge in [-0.2, -0.15) is 0 Å². The SMILES string of the molecule is COc1ccc(NC(=O)CN2CCCC[C@H]2c2nc3ccccc3s2)cc1OC. The number of nitrogens with zero attached hydrogens (tertiary/aromatic N) is 2. The van der Waals surface area contributed by atoms with Gasteiger partial charge in [-0.1, -0.05) is 18.6 Å². The van der Waals surface area contributed by atoms with Crippen LogP contribution in [-0.2, 0) is 4.79 Å². The van der Waals surface area contributed by atoms with Crippen LogP contribution in [0.4, 0.5) is 5.69 Å². The van der Waals surface area contributed by atoms with Gasteiger partial charge in [-0.3, -0.25) is 9.69 Å². The van der Waals surface area contributed by atoms with Crippen molar-refractivity contribution in [2.45, 2.75) is 25.3 Å². The van der Waals surface area contributed by atoms with Crippen LogP contribution >= 0.6 is 11.3 Å². The molecular weight excluding hydrogens is 386 g/mol. The number of benzene rings is 2. The molecule has 3 aromatic rings. The number of amides is 1. The molecule has 0 spiro atoms. The van der Waals surface area contributed by atoms with Crippen LogP contribution in [0, 0.1) is 0 Å². The number of fused-ring (bicyclic) bond motifs is 1. The number of hydrogen-bond acceptors (Lipinski definition) is 6. The Morgan fingerprint density at radius 2 is 2.00 bits per heavy atom. The lowest BCUT2D eigenvalue weighted by Gasteiger charge is -2.33. The standard InChI is InChI=1S/C22H25N3O3S/c1-27-18-11-10-15(13-19(18)28-2)23-21(26)14-25-12-6-5-8-17(25)22-24-16-7-3-4-9-20(16)29-22/h3-4,7,9-11,13,17H,5-6,8,12,14H2,1-2H3,(H,23,26)/t17-/m0/s1. The van der Waals surface area contributed by atoms with E-state index < -0.39 is 0 Å². The summed E-state index contributed by atoms with van der Waals surface area (Å²) in [5, 5.41) is 4.08. The molecule has 1 saturated heterocycles. The maximum Gasteiger partial charge on any atom is 0.238 e. The number of thiazole rings is 1. The number of methoxy groups -OCH3 is 2. The first-order valence-electron chi connectivity index (χ1n) is 9.79. The lowest BCUT2D eigenvalue weighted by molar-refractivity contribution is -0.118. The molecule has 152 valence electrons. The quantitative estimate of drug-likeness (QED) is 0.648. The third-order valence-electron chi connectivity index (χ3n) is 5.22. The zero-order valence-electron chi connectivity index (χ0n) is 16.7. The van der Waals surface area contributed by atoms with Crippen LogP contribution in [0.1, 0.15) is 30.3 Å². The summed E-state index contributed by atoms with van der Waals surface area (Å²) >= 11 is 1.73. The number of rotatable bonds is 6. The number of likely N-dealkylation sites (tertiary alicyclic amines) is 1. The van der Waals surface area contributed by atoms with Gasteiger partial charge in [0.05, 0.1) is 37.0 Å². The summed E-state index contributed by atoms with van der Waals surface area (Å²) in [7, 11) is 3.18. The summed E-state index contributed by atoms with van der Waals surface area (Å²) in [4.78, 5) is 19.8. The molecule has 1 aliphatic heterocycles. The Morgan fingerprint density at radius 1 is 1.17 bits per heavy atom. The van der Waals surface area contributed by atoms with E-state index >= 15 is 0 Å². The van der Waals surface area contributed by atoms with Crippen LogP contribution in [0.5, 0.6) is 11.5 Å². The van der Waals surface area contributed by atoms with Gasteiger partial charge < -0.3 is 14.8 Å². The molecule has 1 N–H and O–H groups in total. The summed E-state index contributed by atoms with van der Waals surface area (Å²) in [5.74, 6) is 1.19. The van der Waals surface area contributed by atoms with Crippen LogP contribution < -0.4 is 14.8 Å². The molecule has 7 heteroatoms. The highest BCUT2D eigenvalue weighted by molar-refractivity contribution is 7.18. The molecule has 1 fully saturated rings. The number of anilines is 1. The molecule has 29 heavy (non-hydrogen) atoms. The molecule has 1 aromatic heterocycles. The van der Waals surface area contributed by atoms with Crippen LogP contribution in [0.25, 0.3) is 10.2 Å². The first-order valence-corrected chi connectivity index (χ1v) is 10.6. The third kappa shape index (κ3) is 4.36. The van der Waals surface area contributed by atoms with Gasteiger partial charge in [-0.05, 0) is 43.7 Å². The van der Waals surface area contributed by atoms with E-state index in [-0.39, 0.29) is 11.9 Å². The van der Waals surface area contributed by atoms with Crippen LogP contribution in [0.2, 0.25) is 0 Å². The van der Waals surface area contributed by atoms with Gasteiger partial charge in [0.2, 0.25) is 5.91 Å². The van der Waals surface area contributed by atoms with Crippen molar-refractivity contribution in [3.05, 3.63) is 47.5 Å². The average molecular weight is 412 g/mol. The van der Waals surface area contributed by atoms with Gasteiger partial charge in [-0.25, -0.2) is 4.98 Å². The minimum atomic E-state index is -0.0368. The fourth-order valence-corrected chi connectivity index (χ4v) is 4.93. The van der Waals surface area contributed by atoms with Gasteiger partial charge in [0.25, 0.3) is 0 Å². The molecule has 0 bridgehead atoms. The Kier molecular flexibility index (Phi) is 5.97. The number of ether oxygens (including phenoxy) is 2. The van der Waals surface area contributed by atoms with Gasteiger partial charge in [0.1, 0.15) is 5.01 Å². The topological polar surface area (TPSA) is 63.7 Å². The first-order chi connectivity index (χ1) is 14.2. The predicted octanol–water partition coefficient (Wildman–Crippen LogP) is 4.48. The minimum Gasteiger partial charge on any atom is -0.493 e. The van der Waals surface area contributed by atoms with E-state index in [1.54, 1.807) is 37.7 Å². The Bertz CT molecular complexity index is 971. The van der Waals surface area contributed by atoms with E-state index in [1.807, 2.05) is 24.3 Å². The van der Waals surface area contributed by atoms with E-state index in [9.17, 15) is 4.79 Å². The molecule has 4 rings (SSSR count). The highest BCUT2D eigenvalue weighted by Crippen LogP contribution is 2.35. The van der Waals surface area contributed by atoms with E-state index in [4.69, 9.17) is 14.5 Å². The fraction of sp³-hybridized carbons (Fsp3) is 0.364. The number of aromatic nitrogens is 1. The molecule has 2 heterocycles. The first kappa shape index (κ1) is 19.7. The van der Waals surface area contributed by atoms with Gasteiger partial charge >= 0.3 is 0 Å². The van der Waals surface area contributed by atoms with Crippen molar-refractivity contribution in [1.29, 1.82) is 0 Å². The van der Waals surface area contributed by atoms with E-state index in [0.29, 0.717) is 23.7 Å². The average Bonchev–Trinajstić information content (AvgIpc) is 3.18. The lowest BCUT2D eigenvalue weighted by atomic mass is 10.0. The van der Waals surface area contributed by atoms with Crippen molar-refractivity contribution in [1.82, 2.24) is 9.88 Å². The summed E-state index contributed by atoms with van der Waals surface area (Å²) < 4.78 is 11.8. The van der Waals surface area contributed by atoms with E-state index in [0.717, 1.165) is 36.3 Å². The summed E-state index contributed by atoms with van der Waals surface area (Å²) in [6, 6.07) is 13.8. The molecule has 0 aliphatic carbocycles. The highest BCUT2D eigenvalue weighted by atomic mass is 32.1. The fourth-order valence-electron chi connectivity index (χ4n) is 3.79. The van der Waals surface area contributed by atoms with Crippen molar-refractivity contribution in [3.8, 4) is 11.5 Å². The predicted molar refractivity (Wildman–Crippen MR) is 116 cm³/mol. The Labute approximate surface area is 174 Å². The van der Waals surface area contributed by atoms with Crippen molar-refractivity contribution in [2.75, 3.05) is 32.6 Å². The molecule has 0 unspecified atom stereocenters. The number of piperidine rings is 1. The molecular formula is C22H25N3O3S. The smallest absolute Gasteiger partial charge is 0.238 e. The molecule has 6 nitrogen and oxygen atoms in total. The molecule has 1 atom stereocenters.